The zero-order chi connectivity index (χ0) is 19.2. The third-order valence-corrected chi connectivity index (χ3v) is 4.31. The van der Waals surface area contributed by atoms with Gasteiger partial charge in [-0.3, -0.25) is 14.4 Å². The number of carbonyl (C=O) groups is 3. The fraction of sp³-hybridized carbons (Fsp3) is 0.550. The first-order valence-electron chi connectivity index (χ1n) is 9.13. The van der Waals surface area contributed by atoms with Crippen LogP contribution < -0.4 is 10.6 Å². The molecule has 26 heavy (non-hydrogen) atoms. The van der Waals surface area contributed by atoms with Gasteiger partial charge in [-0.05, 0) is 24.3 Å². The first kappa shape index (κ1) is 21.8. The molecule has 6 heteroatoms. The molecule has 2 unspecified atom stereocenters. The summed E-state index contributed by atoms with van der Waals surface area (Å²) in [5, 5.41) is 5.49. The summed E-state index contributed by atoms with van der Waals surface area (Å²) in [6.07, 6.45) is 2.86. The Morgan fingerprint density at radius 2 is 1.92 bits per heavy atom. The summed E-state index contributed by atoms with van der Waals surface area (Å²) >= 11 is 0. The van der Waals surface area contributed by atoms with Crippen LogP contribution in [0, 0.1) is 5.92 Å². The van der Waals surface area contributed by atoms with Gasteiger partial charge < -0.3 is 15.4 Å². The molecular weight excluding hydrogens is 332 g/mol. The van der Waals surface area contributed by atoms with Gasteiger partial charge in [-0.15, -0.1) is 0 Å². The zero-order valence-corrected chi connectivity index (χ0v) is 15.7. The van der Waals surface area contributed by atoms with Gasteiger partial charge in [0.1, 0.15) is 6.10 Å². The van der Waals surface area contributed by atoms with Crippen LogP contribution in [0.1, 0.15) is 44.6 Å². The van der Waals surface area contributed by atoms with Crippen molar-refractivity contribution in [3.05, 3.63) is 35.9 Å². The summed E-state index contributed by atoms with van der Waals surface area (Å²) in [4.78, 5) is 34.8. The first-order chi connectivity index (χ1) is 12.6. The van der Waals surface area contributed by atoms with E-state index in [0.29, 0.717) is 25.9 Å². The standard InChI is InChI=1S/C20H30N2O4/c1-3-7-17(13-21-15-23)12-19(26-2)18(24)10-11-20(25)22-14-16-8-5-4-6-9-16/h4-6,8-9,15,17,19H,3,7,10-14H2,1-2H3,(H,21,23)(H,22,25). The molecule has 0 saturated heterocycles. The molecule has 0 aliphatic heterocycles. The molecule has 0 aliphatic carbocycles. The topological polar surface area (TPSA) is 84.5 Å². The molecule has 0 bridgehead atoms. The third kappa shape index (κ3) is 8.76. The molecule has 0 spiro atoms. The normalized spacial score (nSPS) is 12.8. The van der Waals surface area contributed by atoms with Crippen molar-refractivity contribution in [1.82, 2.24) is 10.6 Å². The lowest BCUT2D eigenvalue weighted by molar-refractivity contribution is -0.132. The van der Waals surface area contributed by atoms with E-state index in [4.69, 9.17) is 4.74 Å². The highest BCUT2D eigenvalue weighted by molar-refractivity contribution is 5.87. The number of hydrogen-bond donors (Lipinski definition) is 2. The van der Waals surface area contributed by atoms with Crippen molar-refractivity contribution in [3.8, 4) is 0 Å². The molecule has 2 amide bonds. The molecule has 6 nitrogen and oxygen atoms in total. The Morgan fingerprint density at radius 3 is 2.54 bits per heavy atom. The van der Waals surface area contributed by atoms with E-state index in [2.05, 4.69) is 17.6 Å². The minimum atomic E-state index is -0.540. The van der Waals surface area contributed by atoms with Crippen LogP contribution in [0.3, 0.4) is 0 Å². The van der Waals surface area contributed by atoms with Crippen LogP contribution in [-0.4, -0.2) is 37.9 Å². The first-order valence-corrected chi connectivity index (χ1v) is 9.13. The highest BCUT2D eigenvalue weighted by Crippen LogP contribution is 2.16. The lowest BCUT2D eigenvalue weighted by Crippen LogP contribution is -2.31. The number of benzene rings is 1. The molecular formula is C20H30N2O4. The van der Waals surface area contributed by atoms with Crippen molar-refractivity contribution in [3.63, 3.8) is 0 Å². The van der Waals surface area contributed by atoms with Gasteiger partial charge in [-0.1, -0.05) is 43.7 Å². The maximum atomic E-state index is 12.4. The quantitative estimate of drug-likeness (QED) is 0.497. The summed E-state index contributed by atoms with van der Waals surface area (Å²) in [6, 6.07) is 9.63. The van der Waals surface area contributed by atoms with E-state index >= 15 is 0 Å². The van der Waals surface area contributed by atoms with Crippen molar-refractivity contribution >= 4 is 18.1 Å². The highest BCUT2D eigenvalue weighted by atomic mass is 16.5. The molecule has 1 aromatic carbocycles. The molecule has 144 valence electrons. The number of rotatable bonds is 14. The fourth-order valence-corrected chi connectivity index (χ4v) is 2.87. The Labute approximate surface area is 155 Å². The Hall–Kier alpha value is -2.21. The summed E-state index contributed by atoms with van der Waals surface area (Å²) in [7, 11) is 1.51. The summed E-state index contributed by atoms with van der Waals surface area (Å²) < 4.78 is 5.33. The molecule has 1 rings (SSSR count). The predicted octanol–water partition coefficient (Wildman–Crippen LogP) is 2.22. The lowest BCUT2D eigenvalue weighted by Gasteiger charge is -2.21. The summed E-state index contributed by atoms with van der Waals surface area (Å²) in [6.45, 7) is 3.05. The maximum Gasteiger partial charge on any atom is 0.220 e. The van der Waals surface area contributed by atoms with Gasteiger partial charge in [0.2, 0.25) is 12.3 Å². The second kappa shape index (κ2) is 13.1. The number of ketones is 1. The molecule has 0 radical (unpaired) electrons. The minimum absolute atomic E-state index is 0.0745. The molecule has 0 heterocycles. The van der Waals surface area contributed by atoms with Gasteiger partial charge in [-0.2, -0.15) is 0 Å². The maximum absolute atomic E-state index is 12.4. The third-order valence-electron chi connectivity index (χ3n) is 4.31. The van der Waals surface area contributed by atoms with Gasteiger partial charge in [0, 0.05) is 33.0 Å². The van der Waals surface area contributed by atoms with Crippen molar-refractivity contribution in [2.24, 2.45) is 5.92 Å². The zero-order valence-electron chi connectivity index (χ0n) is 15.7. The highest BCUT2D eigenvalue weighted by Gasteiger charge is 2.22. The number of Topliss-reactive ketones (excluding diaryl/α,β-unsaturated/α-hetero) is 1. The monoisotopic (exact) mass is 362 g/mol. The Kier molecular flexibility index (Phi) is 11.0. The number of ether oxygens (including phenoxy) is 1. The summed E-state index contributed by atoms with van der Waals surface area (Å²) in [5.74, 6) is -0.0367. The van der Waals surface area contributed by atoms with Crippen LogP contribution in [0.5, 0.6) is 0 Å². The van der Waals surface area contributed by atoms with Crippen LogP contribution >= 0.6 is 0 Å². The van der Waals surface area contributed by atoms with Crippen molar-refractivity contribution < 1.29 is 19.1 Å². The fourth-order valence-electron chi connectivity index (χ4n) is 2.87. The van der Waals surface area contributed by atoms with Crippen LogP contribution in [0.2, 0.25) is 0 Å². The van der Waals surface area contributed by atoms with Crippen molar-refractivity contribution in [2.75, 3.05) is 13.7 Å². The average molecular weight is 362 g/mol. The van der Waals surface area contributed by atoms with Crippen molar-refractivity contribution in [2.45, 2.75) is 51.7 Å². The van der Waals surface area contributed by atoms with E-state index in [-0.39, 0.29) is 30.4 Å². The second-order valence-corrected chi connectivity index (χ2v) is 6.37. The van der Waals surface area contributed by atoms with E-state index in [1.807, 2.05) is 30.3 Å². The van der Waals surface area contributed by atoms with E-state index in [9.17, 15) is 14.4 Å². The predicted molar refractivity (Wildman–Crippen MR) is 100 cm³/mol. The van der Waals surface area contributed by atoms with Crippen LogP contribution in [0.15, 0.2) is 30.3 Å². The van der Waals surface area contributed by atoms with E-state index in [1.54, 1.807) is 0 Å². The molecule has 2 atom stereocenters. The van der Waals surface area contributed by atoms with Crippen LogP contribution in [0.25, 0.3) is 0 Å². The Bertz CT molecular complexity index is 548. The number of amides is 2. The van der Waals surface area contributed by atoms with Gasteiger partial charge in [0.25, 0.3) is 0 Å². The molecule has 1 aromatic rings. The van der Waals surface area contributed by atoms with E-state index in [0.717, 1.165) is 18.4 Å². The molecule has 0 aliphatic rings. The van der Waals surface area contributed by atoms with Gasteiger partial charge >= 0.3 is 0 Å². The lowest BCUT2D eigenvalue weighted by atomic mass is 9.93. The van der Waals surface area contributed by atoms with Crippen LogP contribution in [0.4, 0.5) is 0 Å². The number of carbonyl (C=O) groups excluding carboxylic acids is 3. The van der Waals surface area contributed by atoms with Crippen LogP contribution in [-0.2, 0) is 25.7 Å². The molecule has 2 N–H and O–H groups in total. The largest absolute Gasteiger partial charge is 0.374 e. The molecule has 0 saturated carbocycles. The number of hydrogen-bond acceptors (Lipinski definition) is 4. The Morgan fingerprint density at radius 1 is 1.19 bits per heavy atom. The van der Waals surface area contributed by atoms with Gasteiger partial charge in [-0.25, -0.2) is 0 Å². The molecule has 0 aromatic heterocycles. The number of nitrogens with one attached hydrogen (secondary N) is 2. The SMILES string of the molecule is CCCC(CNC=O)CC(OC)C(=O)CCC(=O)NCc1ccccc1. The average Bonchev–Trinajstić information content (AvgIpc) is 2.67. The Balaban J connectivity index is 2.39. The van der Waals surface area contributed by atoms with E-state index in [1.165, 1.54) is 7.11 Å². The minimum Gasteiger partial charge on any atom is -0.374 e. The van der Waals surface area contributed by atoms with Crippen molar-refractivity contribution in [1.29, 1.82) is 0 Å². The number of methoxy groups -OCH3 is 1. The molecule has 0 fully saturated rings. The second-order valence-electron chi connectivity index (χ2n) is 6.37. The summed E-state index contributed by atoms with van der Waals surface area (Å²) in [5.41, 5.74) is 1.02. The van der Waals surface area contributed by atoms with E-state index < -0.39 is 6.10 Å². The smallest absolute Gasteiger partial charge is 0.220 e. The van der Waals surface area contributed by atoms with Gasteiger partial charge in [0.15, 0.2) is 5.78 Å². The van der Waals surface area contributed by atoms with Gasteiger partial charge in [0.05, 0.1) is 0 Å².